The topological polar surface area (TPSA) is 87.1 Å². The molecule has 2 fully saturated rings. The van der Waals surface area contributed by atoms with Gasteiger partial charge < -0.3 is 14.6 Å². The van der Waals surface area contributed by atoms with E-state index in [1.165, 1.54) is 36.0 Å². The summed E-state index contributed by atoms with van der Waals surface area (Å²) in [7, 11) is 0. The summed E-state index contributed by atoms with van der Waals surface area (Å²) in [5.41, 5.74) is 0.818. The zero-order chi connectivity index (χ0) is 24.4. The number of hydrogen-bond acceptors (Lipinski definition) is 6. The van der Waals surface area contributed by atoms with Gasteiger partial charge >= 0.3 is 5.69 Å². The summed E-state index contributed by atoms with van der Waals surface area (Å²) >= 11 is 0. The Morgan fingerprint density at radius 3 is 2.60 bits per heavy atom. The number of nitrogens with zero attached hydrogens (tertiary/aromatic N) is 4. The number of ether oxygens (including phenoxy) is 1. The first-order chi connectivity index (χ1) is 17.1. The highest BCUT2D eigenvalue weighted by Gasteiger charge is 2.29. The number of fused-ring (bicyclic) bond motifs is 1. The predicted molar refractivity (Wildman–Crippen MR) is 131 cm³/mol. The molecule has 3 aromatic rings. The van der Waals surface area contributed by atoms with Gasteiger partial charge in [-0.3, -0.25) is 4.57 Å². The van der Waals surface area contributed by atoms with Gasteiger partial charge in [-0.15, -0.1) is 0 Å². The Labute approximate surface area is 204 Å². The van der Waals surface area contributed by atoms with Crippen LogP contribution in [-0.2, 0) is 11.3 Å². The maximum atomic E-state index is 14.0. The minimum atomic E-state index is -0.406. The van der Waals surface area contributed by atoms with Crippen LogP contribution in [0.1, 0.15) is 77.0 Å². The molecule has 9 heteroatoms. The van der Waals surface area contributed by atoms with Crippen molar-refractivity contribution in [1.29, 1.82) is 0 Å². The molecule has 0 radical (unpaired) electrons. The predicted octanol–water partition coefficient (Wildman–Crippen LogP) is 4.55. The van der Waals surface area contributed by atoms with Gasteiger partial charge in [-0.05, 0) is 81.5 Å². The van der Waals surface area contributed by atoms with Crippen molar-refractivity contribution in [2.45, 2.75) is 89.8 Å². The summed E-state index contributed by atoms with van der Waals surface area (Å²) in [6.45, 7) is 6.43. The summed E-state index contributed by atoms with van der Waals surface area (Å²) in [6, 6.07) is 5.39. The Bertz CT molecular complexity index is 1190. The average molecular weight is 486 g/mol. The van der Waals surface area contributed by atoms with E-state index in [9.17, 15) is 9.18 Å². The number of nitrogens with one attached hydrogen (secondary N) is 1. The molecule has 190 valence electrons. The molecule has 3 heterocycles. The van der Waals surface area contributed by atoms with Crippen LogP contribution in [-0.4, -0.2) is 44.6 Å². The fourth-order valence-corrected chi connectivity index (χ4v) is 5.79. The lowest BCUT2D eigenvalue weighted by molar-refractivity contribution is 0.0595. The molecule has 1 aromatic carbocycles. The van der Waals surface area contributed by atoms with Gasteiger partial charge in [0.25, 0.3) is 5.95 Å². The molecule has 1 saturated carbocycles. The van der Waals surface area contributed by atoms with Gasteiger partial charge in [0.2, 0.25) is 5.89 Å². The molecule has 1 atom stereocenters. The fourth-order valence-electron chi connectivity index (χ4n) is 5.79. The monoisotopic (exact) mass is 485 g/mol. The van der Waals surface area contributed by atoms with E-state index in [1.54, 1.807) is 10.6 Å². The Hall–Kier alpha value is -2.52. The Kier molecular flexibility index (Phi) is 7.34. The van der Waals surface area contributed by atoms with E-state index < -0.39 is 5.82 Å². The molecule has 0 amide bonds. The molecule has 35 heavy (non-hydrogen) atoms. The van der Waals surface area contributed by atoms with Gasteiger partial charge in [0, 0.05) is 43.8 Å². The van der Waals surface area contributed by atoms with E-state index in [2.05, 4.69) is 22.4 Å². The molecule has 1 saturated heterocycles. The van der Waals surface area contributed by atoms with Crippen molar-refractivity contribution in [2.75, 3.05) is 13.2 Å². The van der Waals surface area contributed by atoms with E-state index in [0.29, 0.717) is 35.6 Å². The second kappa shape index (κ2) is 10.6. The van der Waals surface area contributed by atoms with Crippen molar-refractivity contribution in [2.24, 2.45) is 5.92 Å². The molecular weight excluding hydrogens is 449 g/mol. The molecule has 1 aliphatic carbocycles. The third kappa shape index (κ3) is 5.07. The molecule has 0 spiro atoms. The molecule has 5 rings (SSSR count). The minimum absolute atomic E-state index is 0.176. The number of benzene rings is 1. The van der Waals surface area contributed by atoms with Crippen molar-refractivity contribution in [3.05, 3.63) is 40.4 Å². The fraction of sp³-hybridized carbons (Fsp3) is 0.654. The molecule has 1 aliphatic heterocycles. The first kappa shape index (κ1) is 24.2. The summed E-state index contributed by atoms with van der Waals surface area (Å²) in [5, 5.41) is 8.02. The summed E-state index contributed by atoms with van der Waals surface area (Å²) < 4.78 is 28.0. The van der Waals surface area contributed by atoms with E-state index in [4.69, 9.17) is 9.26 Å². The second-order valence-electron chi connectivity index (χ2n) is 10.0. The molecular formula is C26H36FN5O3. The van der Waals surface area contributed by atoms with Crippen LogP contribution in [0, 0.1) is 11.7 Å². The third-order valence-corrected chi connectivity index (χ3v) is 7.84. The lowest BCUT2D eigenvalue weighted by atomic mass is 9.84. The van der Waals surface area contributed by atoms with E-state index in [-0.39, 0.29) is 17.6 Å². The van der Waals surface area contributed by atoms with Crippen molar-refractivity contribution >= 4 is 11.0 Å². The summed E-state index contributed by atoms with van der Waals surface area (Å²) in [6.07, 6.45) is 8.78. The van der Waals surface area contributed by atoms with Crippen molar-refractivity contribution < 1.29 is 13.7 Å². The van der Waals surface area contributed by atoms with E-state index in [1.807, 2.05) is 6.92 Å². The number of aryl methyl sites for hydroxylation is 1. The average Bonchev–Trinajstić information content (AvgIpc) is 3.46. The summed E-state index contributed by atoms with van der Waals surface area (Å²) in [4.78, 5) is 17.6. The lowest BCUT2D eigenvalue weighted by Gasteiger charge is -2.33. The minimum Gasteiger partial charge on any atom is -0.381 e. The molecule has 1 unspecified atom stereocenters. The van der Waals surface area contributed by atoms with Gasteiger partial charge in [-0.2, -0.15) is 4.98 Å². The van der Waals surface area contributed by atoms with Crippen LogP contribution in [0.2, 0.25) is 0 Å². The quantitative estimate of drug-likeness (QED) is 0.504. The maximum absolute atomic E-state index is 14.0. The lowest BCUT2D eigenvalue weighted by Crippen LogP contribution is -2.41. The largest absolute Gasteiger partial charge is 0.381 e. The zero-order valence-corrected chi connectivity index (χ0v) is 20.7. The van der Waals surface area contributed by atoms with Gasteiger partial charge in [0.05, 0.1) is 11.0 Å². The van der Waals surface area contributed by atoms with Crippen LogP contribution in [0.4, 0.5) is 4.39 Å². The van der Waals surface area contributed by atoms with Crippen molar-refractivity contribution in [1.82, 2.24) is 24.6 Å². The summed E-state index contributed by atoms with van der Waals surface area (Å²) in [5.74, 6) is 1.28. The molecule has 1 N–H and O–H groups in total. The van der Waals surface area contributed by atoms with Crippen LogP contribution in [0.15, 0.2) is 27.5 Å². The number of hydrogen-bond donors (Lipinski definition) is 1. The number of imidazole rings is 1. The SMILES string of the molecule is CCC(CC1CCOCC1)NC1CCC(c2nc(-n3c(=O)n(CC)c4ccc(F)cc43)no2)CC1. The van der Waals surface area contributed by atoms with E-state index in [0.717, 1.165) is 51.2 Å². The first-order valence-corrected chi connectivity index (χ1v) is 13.2. The normalized spacial score (nSPS) is 22.6. The highest BCUT2D eigenvalue weighted by molar-refractivity contribution is 5.77. The van der Waals surface area contributed by atoms with Crippen LogP contribution in [0.25, 0.3) is 17.0 Å². The van der Waals surface area contributed by atoms with Gasteiger partial charge in [0.1, 0.15) is 5.82 Å². The standard InChI is InChI=1S/C26H36FN5O3/c1-3-20(15-17-11-13-34-14-12-17)28-21-8-5-18(6-9-21)24-29-25(30-35-24)32-23-16-19(27)7-10-22(23)31(4-2)26(32)33/h7,10,16-18,20-21,28H,3-6,8-9,11-15H2,1-2H3. The number of halogens is 1. The van der Waals surface area contributed by atoms with Crippen molar-refractivity contribution in [3.8, 4) is 5.95 Å². The Morgan fingerprint density at radius 2 is 1.89 bits per heavy atom. The van der Waals surface area contributed by atoms with Crippen LogP contribution < -0.4 is 11.0 Å². The Morgan fingerprint density at radius 1 is 1.11 bits per heavy atom. The smallest absolute Gasteiger partial charge is 0.336 e. The van der Waals surface area contributed by atoms with Gasteiger partial charge in [-0.1, -0.05) is 6.92 Å². The molecule has 8 nitrogen and oxygen atoms in total. The Balaban J connectivity index is 1.24. The van der Waals surface area contributed by atoms with Crippen molar-refractivity contribution in [3.63, 3.8) is 0 Å². The van der Waals surface area contributed by atoms with Crippen LogP contribution in [0.5, 0.6) is 0 Å². The first-order valence-electron chi connectivity index (χ1n) is 13.2. The third-order valence-electron chi connectivity index (χ3n) is 7.84. The van der Waals surface area contributed by atoms with Crippen LogP contribution >= 0.6 is 0 Å². The van der Waals surface area contributed by atoms with E-state index >= 15 is 0 Å². The molecule has 0 bridgehead atoms. The number of rotatable bonds is 8. The van der Waals surface area contributed by atoms with Gasteiger partial charge in [0.15, 0.2) is 0 Å². The zero-order valence-electron chi connectivity index (χ0n) is 20.7. The van der Waals surface area contributed by atoms with Crippen LogP contribution in [0.3, 0.4) is 0 Å². The second-order valence-corrected chi connectivity index (χ2v) is 10.0. The molecule has 2 aromatic heterocycles. The highest BCUT2D eigenvalue weighted by atomic mass is 19.1. The maximum Gasteiger partial charge on any atom is 0.336 e. The van der Waals surface area contributed by atoms with Gasteiger partial charge in [-0.25, -0.2) is 13.8 Å². The highest BCUT2D eigenvalue weighted by Crippen LogP contribution is 2.33. The number of aromatic nitrogens is 4. The molecule has 2 aliphatic rings.